The molecule has 4 nitrogen and oxygen atoms in total. The lowest BCUT2D eigenvalue weighted by Crippen LogP contribution is -2.48. The smallest absolute Gasteiger partial charge is 0.255 e. The van der Waals surface area contributed by atoms with E-state index in [1.807, 2.05) is 24.0 Å². The normalized spacial score (nSPS) is 26.1. The highest BCUT2D eigenvalue weighted by molar-refractivity contribution is 6.06. The first-order valence-electron chi connectivity index (χ1n) is 8.98. The van der Waals surface area contributed by atoms with Crippen LogP contribution in [0.25, 0.3) is 10.9 Å². The van der Waals surface area contributed by atoms with Crippen LogP contribution in [-0.4, -0.2) is 39.1 Å². The van der Waals surface area contributed by atoms with Crippen LogP contribution in [0.2, 0.25) is 0 Å². The van der Waals surface area contributed by atoms with Gasteiger partial charge in [-0.1, -0.05) is 13.0 Å². The number of pyridine rings is 1. The fourth-order valence-electron chi connectivity index (χ4n) is 4.42. The first-order chi connectivity index (χ1) is 11.6. The van der Waals surface area contributed by atoms with Crippen molar-refractivity contribution in [3.05, 3.63) is 41.1 Å². The van der Waals surface area contributed by atoms with Crippen LogP contribution in [0.5, 0.6) is 0 Å². The Kier molecular flexibility index (Phi) is 3.80. The highest BCUT2D eigenvalue weighted by atomic mass is 16.3. The molecular weight excluding hydrogens is 300 g/mol. The minimum Gasteiger partial charge on any atom is -0.393 e. The summed E-state index contributed by atoms with van der Waals surface area (Å²) in [4.78, 5) is 20.0. The minimum atomic E-state index is -0.255. The molecule has 2 saturated heterocycles. The summed E-state index contributed by atoms with van der Waals surface area (Å²) in [5.41, 5.74) is 3.75. The molecule has 126 valence electrons. The molecular formula is C20H24N2O2. The van der Waals surface area contributed by atoms with Gasteiger partial charge in [0.25, 0.3) is 5.91 Å². The first kappa shape index (κ1) is 15.6. The van der Waals surface area contributed by atoms with E-state index in [4.69, 9.17) is 0 Å². The number of carbonyl (C=O) groups is 1. The topological polar surface area (TPSA) is 53.4 Å². The Balaban J connectivity index is 1.79. The molecule has 1 unspecified atom stereocenters. The lowest BCUT2D eigenvalue weighted by Gasteiger charge is -2.37. The van der Waals surface area contributed by atoms with Gasteiger partial charge in [-0.2, -0.15) is 0 Å². The summed E-state index contributed by atoms with van der Waals surface area (Å²) in [7, 11) is 0. The van der Waals surface area contributed by atoms with E-state index in [2.05, 4.69) is 24.0 Å². The number of hydrogen-bond donors (Lipinski definition) is 1. The van der Waals surface area contributed by atoms with Crippen molar-refractivity contribution in [2.75, 3.05) is 0 Å². The van der Waals surface area contributed by atoms with Crippen LogP contribution in [0.1, 0.15) is 54.2 Å². The number of aryl methyl sites for hydroxylation is 2. The van der Waals surface area contributed by atoms with E-state index in [0.717, 1.165) is 41.4 Å². The first-order valence-corrected chi connectivity index (χ1v) is 8.98. The molecule has 2 bridgehead atoms. The molecule has 0 aliphatic carbocycles. The number of nitrogens with zero attached hydrogens (tertiary/aromatic N) is 2. The molecule has 3 atom stereocenters. The third-order valence-corrected chi connectivity index (χ3v) is 5.58. The fourth-order valence-corrected chi connectivity index (χ4v) is 4.42. The summed E-state index contributed by atoms with van der Waals surface area (Å²) in [5.74, 6) is 0.109. The number of carbonyl (C=O) groups excluding carboxylic acids is 1. The van der Waals surface area contributed by atoms with Gasteiger partial charge >= 0.3 is 0 Å². The van der Waals surface area contributed by atoms with Crippen molar-refractivity contribution < 1.29 is 9.90 Å². The zero-order valence-corrected chi connectivity index (χ0v) is 14.3. The van der Waals surface area contributed by atoms with Crippen molar-refractivity contribution in [3.63, 3.8) is 0 Å². The van der Waals surface area contributed by atoms with Crippen LogP contribution in [0.4, 0.5) is 0 Å². The molecule has 0 spiro atoms. The number of aliphatic hydroxyl groups excluding tert-OH is 1. The Bertz CT molecular complexity index is 788. The molecule has 2 fully saturated rings. The quantitative estimate of drug-likeness (QED) is 0.923. The van der Waals surface area contributed by atoms with Gasteiger partial charge < -0.3 is 10.0 Å². The van der Waals surface area contributed by atoms with Gasteiger partial charge in [-0.05, 0) is 62.8 Å². The second kappa shape index (κ2) is 5.85. The van der Waals surface area contributed by atoms with Crippen molar-refractivity contribution in [1.29, 1.82) is 0 Å². The van der Waals surface area contributed by atoms with Gasteiger partial charge in [0.05, 0.1) is 17.2 Å². The van der Waals surface area contributed by atoms with E-state index in [9.17, 15) is 9.90 Å². The van der Waals surface area contributed by atoms with Gasteiger partial charge in [0, 0.05) is 23.2 Å². The number of benzene rings is 1. The molecule has 1 aromatic heterocycles. The zero-order valence-electron chi connectivity index (χ0n) is 14.3. The lowest BCUT2D eigenvalue weighted by atomic mass is 9.97. The van der Waals surface area contributed by atoms with E-state index >= 15 is 0 Å². The third kappa shape index (κ3) is 2.49. The Morgan fingerprint density at radius 3 is 2.62 bits per heavy atom. The number of amides is 1. The van der Waals surface area contributed by atoms with Gasteiger partial charge in [-0.25, -0.2) is 0 Å². The van der Waals surface area contributed by atoms with Crippen LogP contribution in [0.3, 0.4) is 0 Å². The van der Waals surface area contributed by atoms with E-state index in [1.165, 1.54) is 5.56 Å². The van der Waals surface area contributed by atoms with Crippen molar-refractivity contribution in [2.45, 2.75) is 64.1 Å². The molecule has 4 rings (SSSR count). The van der Waals surface area contributed by atoms with Gasteiger partial charge in [0.1, 0.15) is 0 Å². The number of fused-ring (bicyclic) bond motifs is 3. The molecule has 2 aromatic rings. The maximum absolute atomic E-state index is 13.3. The summed E-state index contributed by atoms with van der Waals surface area (Å²) in [5, 5.41) is 11.0. The van der Waals surface area contributed by atoms with Crippen LogP contribution in [0.15, 0.2) is 24.3 Å². The van der Waals surface area contributed by atoms with Crippen LogP contribution < -0.4 is 0 Å². The number of hydrogen-bond acceptors (Lipinski definition) is 3. The monoisotopic (exact) mass is 324 g/mol. The van der Waals surface area contributed by atoms with Crippen molar-refractivity contribution in [2.24, 2.45) is 0 Å². The Labute approximate surface area is 142 Å². The standard InChI is InChI=1S/C20H24N2O2/c1-3-13-4-7-19-17(9-13)18(8-12(2)21-19)20(24)22-14-5-6-15(22)11-16(23)10-14/h4,7-9,14-16,23H,3,5-6,10-11H2,1-2H3/t14-,15+,16?. The van der Waals surface area contributed by atoms with Crippen LogP contribution in [-0.2, 0) is 6.42 Å². The molecule has 24 heavy (non-hydrogen) atoms. The number of aromatic nitrogens is 1. The van der Waals surface area contributed by atoms with Gasteiger partial charge in [0.2, 0.25) is 0 Å². The molecule has 0 radical (unpaired) electrons. The maximum atomic E-state index is 13.3. The van der Waals surface area contributed by atoms with Crippen LogP contribution >= 0.6 is 0 Å². The molecule has 1 N–H and O–H groups in total. The maximum Gasteiger partial charge on any atom is 0.255 e. The Hall–Kier alpha value is -1.94. The summed E-state index contributed by atoms with van der Waals surface area (Å²) in [6.07, 6.45) is 4.13. The Morgan fingerprint density at radius 1 is 1.25 bits per heavy atom. The highest BCUT2D eigenvalue weighted by Gasteiger charge is 2.43. The van der Waals surface area contributed by atoms with E-state index in [-0.39, 0.29) is 24.1 Å². The molecule has 0 saturated carbocycles. The number of rotatable bonds is 2. The molecule has 3 heterocycles. The lowest BCUT2D eigenvalue weighted by molar-refractivity contribution is 0.0288. The van der Waals surface area contributed by atoms with Gasteiger partial charge in [-0.3, -0.25) is 9.78 Å². The van der Waals surface area contributed by atoms with Crippen molar-refractivity contribution in [3.8, 4) is 0 Å². The average molecular weight is 324 g/mol. The van der Waals surface area contributed by atoms with Crippen molar-refractivity contribution in [1.82, 2.24) is 9.88 Å². The predicted molar refractivity (Wildman–Crippen MR) is 94.1 cm³/mol. The molecule has 4 heteroatoms. The Morgan fingerprint density at radius 2 is 1.96 bits per heavy atom. The largest absolute Gasteiger partial charge is 0.393 e. The van der Waals surface area contributed by atoms with Crippen LogP contribution in [0, 0.1) is 6.92 Å². The molecule has 1 aromatic carbocycles. The summed E-state index contributed by atoms with van der Waals surface area (Å²) in [6.45, 7) is 4.06. The summed E-state index contributed by atoms with van der Waals surface area (Å²) < 4.78 is 0. The second-order valence-electron chi connectivity index (χ2n) is 7.24. The molecule has 2 aliphatic rings. The fraction of sp³-hybridized carbons (Fsp3) is 0.500. The SMILES string of the molecule is CCc1ccc2nc(C)cc(C(=O)N3[C@@H]4CC[C@H]3CC(O)C4)c2c1. The number of aliphatic hydroxyl groups is 1. The third-order valence-electron chi connectivity index (χ3n) is 5.58. The molecule has 1 amide bonds. The van der Waals surface area contributed by atoms with Gasteiger partial charge in [-0.15, -0.1) is 0 Å². The zero-order chi connectivity index (χ0) is 16.8. The van der Waals surface area contributed by atoms with Crippen molar-refractivity contribution >= 4 is 16.8 Å². The summed E-state index contributed by atoms with van der Waals surface area (Å²) >= 11 is 0. The van der Waals surface area contributed by atoms with E-state index < -0.39 is 0 Å². The highest BCUT2D eigenvalue weighted by Crippen LogP contribution is 2.37. The molecule has 2 aliphatic heterocycles. The average Bonchev–Trinajstić information content (AvgIpc) is 2.84. The number of piperidine rings is 1. The van der Waals surface area contributed by atoms with Gasteiger partial charge in [0.15, 0.2) is 0 Å². The van der Waals surface area contributed by atoms with E-state index in [1.54, 1.807) is 0 Å². The summed E-state index contributed by atoms with van der Waals surface area (Å²) in [6, 6.07) is 8.51. The second-order valence-corrected chi connectivity index (χ2v) is 7.24. The predicted octanol–water partition coefficient (Wildman–Crippen LogP) is 3.23. The van der Waals surface area contributed by atoms with E-state index in [0.29, 0.717) is 12.8 Å². The minimum absolute atomic E-state index is 0.109.